The molecule has 1 fully saturated rings. The van der Waals surface area contributed by atoms with Gasteiger partial charge in [0.25, 0.3) is 11.8 Å². The molecule has 5 aromatic rings. The molecule has 6 rings (SSSR count). The number of hydrogen-bond donors (Lipinski definition) is 4. The quantitative estimate of drug-likeness (QED) is 0.0236. The average molecular weight is 1180 g/mol. The number of carbonyl (C=O) groups excluding carboxylic acids is 4. The molecule has 4 aromatic carbocycles. The Hall–Kier alpha value is -8.48. The summed E-state index contributed by atoms with van der Waals surface area (Å²) in [4.78, 5) is 63.5. The molecule has 5 N–H and O–H groups in total. The number of anilines is 2. The third-order valence-corrected chi connectivity index (χ3v) is 13.6. The molecule has 2 heterocycles. The minimum Gasteiger partial charge on any atom is -0.493 e. The van der Waals surface area contributed by atoms with Crippen molar-refractivity contribution in [2.45, 2.75) is 70.4 Å². The van der Waals surface area contributed by atoms with Crippen LogP contribution in [0.25, 0.3) is 0 Å². The van der Waals surface area contributed by atoms with Crippen LogP contribution in [0.3, 0.4) is 0 Å². The van der Waals surface area contributed by atoms with Gasteiger partial charge in [0, 0.05) is 63.2 Å². The average Bonchev–Trinajstić information content (AvgIpc) is 2.98. The molecule has 2 unspecified atom stereocenters. The highest BCUT2D eigenvalue weighted by atomic mass is 16.6. The number of nitrogens with zero attached hydrogens (tertiary/aromatic N) is 3. The zero-order valence-corrected chi connectivity index (χ0v) is 49.9. The van der Waals surface area contributed by atoms with Gasteiger partial charge < -0.3 is 88.2 Å². The molecular weight excluding hydrogens is 1100 g/mol. The molecule has 4 amide bonds. The molecule has 85 heavy (non-hydrogen) atoms. The minimum atomic E-state index is -0.864. The number of urea groups is 1. The van der Waals surface area contributed by atoms with Gasteiger partial charge in [-0.25, -0.2) is 19.6 Å². The number of rotatable bonds is 36. The van der Waals surface area contributed by atoms with Crippen molar-refractivity contribution in [1.82, 2.24) is 25.5 Å². The van der Waals surface area contributed by atoms with Crippen LogP contribution in [0.5, 0.6) is 51.7 Å². The van der Waals surface area contributed by atoms with E-state index in [-0.39, 0.29) is 25.0 Å². The van der Waals surface area contributed by atoms with Crippen LogP contribution in [-0.2, 0) is 46.2 Å². The van der Waals surface area contributed by atoms with Gasteiger partial charge in [-0.15, -0.1) is 0 Å². The number of carbonyl (C=O) groups is 4. The maximum Gasteiger partial charge on any atom is 0.329 e. The summed E-state index contributed by atoms with van der Waals surface area (Å²) in [6.45, 7) is 4.72. The number of likely N-dealkylation sites (tertiary alicyclic amines) is 1. The molecule has 0 saturated carbocycles. The molecule has 24 nitrogen and oxygen atoms in total. The van der Waals surface area contributed by atoms with Gasteiger partial charge in [-0.1, -0.05) is 18.2 Å². The Morgan fingerprint density at radius 3 is 1.84 bits per heavy atom. The van der Waals surface area contributed by atoms with E-state index in [1.807, 2.05) is 24.3 Å². The van der Waals surface area contributed by atoms with E-state index in [2.05, 4.69) is 25.9 Å². The van der Waals surface area contributed by atoms with Crippen molar-refractivity contribution in [3.63, 3.8) is 0 Å². The largest absolute Gasteiger partial charge is 0.493 e. The van der Waals surface area contributed by atoms with Crippen LogP contribution in [-0.4, -0.2) is 167 Å². The van der Waals surface area contributed by atoms with E-state index in [9.17, 15) is 19.2 Å². The molecular formula is C61H81N7O17. The Balaban J connectivity index is 0.866. The van der Waals surface area contributed by atoms with Gasteiger partial charge in [0.15, 0.2) is 47.7 Å². The van der Waals surface area contributed by atoms with E-state index in [4.69, 9.17) is 67.3 Å². The van der Waals surface area contributed by atoms with Crippen LogP contribution in [0.15, 0.2) is 72.9 Å². The van der Waals surface area contributed by atoms with Gasteiger partial charge in [0.1, 0.15) is 29.5 Å². The lowest BCUT2D eigenvalue weighted by molar-refractivity contribution is -0.156. The van der Waals surface area contributed by atoms with Crippen LogP contribution in [0.1, 0.15) is 72.7 Å². The van der Waals surface area contributed by atoms with Crippen LogP contribution >= 0.6 is 0 Å². The van der Waals surface area contributed by atoms with Crippen molar-refractivity contribution in [3.05, 3.63) is 101 Å². The van der Waals surface area contributed by atoms with Gasteiger partial charge in [-0.2, -0.15) is 0 Å². The number of nitrogens with one attached hydrogen (secondary N) is 3. The molecule has 1 aromatic heterocycles. The first-order chi connectivity index (χ1) is 41.3. The summed E-state index contributed by atoms with van der Waals surface area (Å²) >= 11 is 0. The van der Waals surface area contributed by atoms with E-state index in [1.54, 1.807) is 69.8 Å². The number of aromatic nitrogens is 2. The number of nitrogen functional groups attached to an aromatic ring is 1. The second-order valence-corrected chi connectivity index (χ2v) is 19.4. The zero-order valence-electron chi connectivity index (χ0n) is 49.9. The number of nitrogens with two attached hydrogens (primary N) is 1. The summed E-state index contributed by atoms with van der Waals surface area (Å²) in [6, 6.07) is 18.2. The Bertz CT molecular complexity index is 2900. The Kier molecular flexibility index (Phi) is 27.0. The van der Waals surface area contributed by atoms with Gasteiger partial charge in [0.2, 0.25) is 11.5 Å². The van der Waals surface area contributed by atoms with Crippen molar-refractivity contribution in [2.75, 3.05) is 133 Å². The smallest absolute Gasteiger partial charge is 0.329 e. The summed E-state index contributed by atoms with van der Waals surface area (Å²) in [7, 11) is 10.6. The molecule has 0 spiro atoms. The molecule has 1 saturated heterocycles. The first-order valence-electron chi connectivity index (χ1n) is 28.1. The molecule has 0 bridgehead atoms. The highest BCUT2D eigenvalue weighted by Gasteiger charge is 2.35. The SMILES string of the molecule is COc1ccc(CCC(OC(=O)C2CCCCN2C(=O)Nc2cc(OC)c(OC)c(OC)c2)c2cccc(OCC(=O)NCCCOCCOCCOCCCNC(=O)COc3c(OC)cc(Cc4cnc(C)nc4N)cc3OC)c2)cc1OC. The highest BCUT2D eigenvalue weighted by molar-refractivity contribution is 5.93. The van der Waals surface area contributed by atoms with E-state index >= 15 is 0 Å². The molecule has 1 aliphatic heterocycles. The fraction of sp³-hybridized carbons (Fsp3) is 0.475. The maximum atomic E-state index is 14.3. The Morgan fingerprint density at radius 1 is 0.647 bits per heavy atom. The van der Waals surface area contributed by atoms with Crippen molar-refractivity contribution in [2.24, 2.45) is 0 Å². The standard InChI is InChI=1S/C61H81N7O17/c1-40-65-37-44(59(62)66-40)30-42-32-51(75-4)58(52(33-42)76-5)84-39-56(70)64-22-13-25-81-27-29-82-28-26-80-24-12-21-63-55(69)38-83-46-15-11-14-43(34-46)48(19-17-41-18-20-49(73-2)50(31-41)74-3)85-60(71)47-16-9-10-23-68(47)61(72)67-45-35-53(77-6)57(79-8)54(36-45)78-7/h11,14-15,18,20,31-37,47-48H,9-10,12-13,16-17,19,21-30,38-39H2,1-8H3,(H,63,69)(H,64,70)(H,67,72)(H2,62,65,66). The number of ether oxygens (including phenoxy) is 13. The monoisotopic (exact) mass is 1180 g/mol. The molecule has 462 valence electrons. The normalized spacial score (nSPS) is 13.2. The van der Waals surface area contributed by atoms with E-state index < -0.39 is 24.1 Å². The molecule has 1 aliphatic rings. The number of amides is 4. The number of aryl methyl sites for hydroxylation is 2. The Labute approximate surface area is 496 Å². The van der Waals surface area contributed by atoms with Gasteiger partial charge in [-0.3, -0.25) is 9.59 Å². The van der Waals surface area contributed by atoms with Crippen molar-refractivity contribution in [3.8, 4) is 51.7 Å². The molecule has 0 radical (unpaired) electrons. The maximum absolute atomic E-state index is 14.3. The third-order valence-electron chi connectivity index (χ3n) is 13.6. The zero-order chi connectivity index (χ0) is 60.9. The predicted octanol–water partition coefficient (Wildman–Crippen LogP) is 6.84. The van der Waals surface area contributed by atoms with Gasteiger partial charge in [0.05, 0.1) is 81.9 Å². The second-order valence-electron chi connectivity index (χ2n) is 19.4. The summed E-state index contributed by atoms with van der Waals surface area (Å²) in [6.07, 6.45) is 5.24. The summed E-state index contributed by atoms with van der Waals surface area (Å²) in [5.74, 6) is 3.57. The van der Waals surface area contributed by atoms with Crippen molar-refractivity contribution in [1.29, 1.82) is 0 Å². The lowest BCUT2D eigenvalue weighted by Crippen LogP contribution is -2.50. The highest BCUT2D eigenvalue weighted by Crippen LogP contribution is 2.41. The molecule has 0 aliphatic carbocycles. The molecule has 2 atom stereocenters. The number of piperidine rings is 1. The predicted molar refractivity (Wildman–Crippen MR) is 315 cm³/mol. The van der Waals surface area contributed by atoms with Gasteiger partial charge in [-0.05, 0) is 105 Å². The number of esters is 1. The van der Waals surface area contributed by atoms with E-state index in [1.165, 1.54) is 40.4 Å². The number of methoxy groups -OCH3 is 7. The lowest BCUT2D eigenvalue weighted by Gasteiger charge is -2.35. The molecule has 24 heteroatoms. The van der Waals surface area contributed by atoms with E-state index in [0.717, 1.165) is 23.1 Å². The Morgan fingerprint density at radius 2 is 1.24 bits per heavy atom. The van der Waals surface area contributed by atoms with Crippen LogP contribution in [0, 0.1) is 6.92 Å². The second kappa shape index (κ2) is 35.0. The summed E-state index contributed by atoms with van der Waals surface area (Å²) < 4.78 is 73.4. The fourth-order valence-corrected chi connectivity index (χ4v) is 9.20. The number of hydrogen-bond acceptors (Lipinski definition) is 20. The number of benzene rings is 4. The van der Waals surface area contributed by atoms with Gasteiger partial charge >= 0.3 is 12.0 Å². The third kappa shape index (κ3) is 20.4. The van der Waals surface area contributed by atoms with E-state index in [0.29, 0.717) is 179 Å². The summed E-state index contributed by atoms with van der Waals surface area (Å²) in [5, 5.41) is 8.57. The van der Waals surface area contributed by atoms with Crippen molar-refractivity contribution < 1.29 is 80.8 Å². The van der Waals surface area contributed by atoms with Crippen LogP contribution < -0.4 is 64.3 Å². The first kappa shape index (κ1) is 65.7. The fourth-order valence-electron chi connectivity index (χ4n) is 9.20. The first-order valence-corrected chi connectivity index (χ1v) is 28.1. The minimum absolute atomic E-state index is 0.242. The summed E-state index contributed by atoms with van der Waals surface area (Å²) in [5.41, 5.74) is 9.65. The lowest BCUT2D eigenvalue weighted by atomic mass is 9.99. The van der Waals surface area contributed by atoms with Crippen LogP contribution in [0.4, 0.5) is 16.3 Å². The van der Waals surface area contributed by atoms with Crippen molar-refractivity contribution >= 4 is 35.3 Å². The topological polar surface area (TPSA) is 279 Å². The van der Waals surface area contributed by atoms with Crippen LogP contribution in [0.2, 0.25) is 0 Å².